The van der Waals surface area contributed by atoms with Gasteiger partial charge in [0.2, 0.25) is 0 Å². The van der Waals surface area contributed by atoms with Crippen molar-refractivity contribution in [3.63, 3.8) is 0 Å². The average molecular weight is 165 g/mol. The molecule has 0 aromatic heterocycles. The first-order chi connectivity index (χ1) is 4.77. The minimum absolute atomic E-state index is 0.224. The van der Waals surface area contributed by atoms with Gasteiger partial charge < -0.3 is 10.4 Å². The van der Waals surface area contributed by atoms with E-state index in [2.05, 4.69) is 5.32 Å². The SMILES string of the molecule is CS(=O)CCNCCCO. The second-order valence-corrected chi connectivity index (χ2v) is 3.66. The second-order valence-electron chi connectivity index (χ2n) is 2.10. The van der Waals surface area contributed by atoms with Crippen LogP contribution in [0.15, 0.2) is 0 Å². The molecule has 0 saturated heterocycles. The Kier molecular flexibility index (Phi) is 7.23. The minimum Gasteiger partial charge on any atom is -0.396 e. The normalized spacial score (nSPS) is 13.4. The second kappa shape index (κ2) is 7.18. The van der Waals surface area contributed by atoms with Gasteiger partial charge >= 0.3 is 0 Å². The highest BCUT2D eigenvalue weighted by Crippen LogP contribution is 1.74. The average Bonchev–Trinajstić information content (AvgIpc) is 1.87. The monoisotopic (exact) mass is 165 g/mol. The highest BCUT2D eigenvalue weighted by molar-refractivity contribution is 7.84. The molecule has 0 aliphatic carbocycles. The van der Waals surface area contributed by atoms with Gasteiger partial charge in [0.05, 0.1) is 0 Å². The first-order valence-corrected chi connectivity index (χ1v) is 5.11. The molecule has 62 valence electrons. The van der Waals surface area contributed by atoms with Crippen LogP contribution in [-0.4, -0.2) is 41.0 Å². The molecule has 0 aromatic rings. The summed E-state index contributed by atoms with van der Waals surface area (Å²) in [6.07, 6.45) is 2.46. The standard InChI is InChI=1S/C6H15NO2S/c1-10(9)6-4-7-3-2-5-8/h7-8H,2-6H2,1H3. The van der Waals surface area contributed by atoms with Crippen molar-refractivity contribution >= 4 is 10.8 Å². The molecule has 0 aromatic carbocycles. The lowest BCUT2D eigenvalue weighted by atomic mass is 10.4. The van der Waals surface area contributed by atoms with Gasteiger partial charge in [-0.05, 0) is 13.0 Å². The lowest BCUT2D eigenvalue weighted by molar-refractivity contribution is 0.286. The molecule has 1 unspecified atom stereocenters. The number of aliphatic hydroxyl groups excluding tert-OH is 1. The molecule has 0 radical (unpaired) electrons. The molecule has 2 N–H and O–H groups in total. The topological polar surface area (TPSA) is 49.3 Å². The van der Waals surface area contributed by atoms with Crippen LogP contribution in [0.25, 0.3) is 0 Å². The van der Waals surface area contributed by atoms with Gasteiger partial charge in [-0.2, -0.15) is 0 Å². The third-order valence-corrected chi connectivity index (χ3v) is 1.86. The van der Waals surface area contributed by atoms with E-state index in [1.54, 1.807) is 6.26 Å². The van der Waals surface area contributed by atoms with Gasteiger partial charge in [0.1, 0.15) is 0 Å². The number of nitrogens with one attached hydrogen (secondary N) is 1. The first kappa shape index (κ1) is 10.1. The Morgan fingerprint density at radius 2 is 2.20 bits per heavy atom. The Balaban J connectivity index is 2.84. The quantitative estimate of drug-likeness (QED) is 0.514. The van der Waals surface area contributed by atoms with Crippen LogP contribution in [0.4, 0.5) is 0 Å². The smallest absolute Gasteiger partial charge is 0.0443 e. The molecule has 0 saturated carbocycles. The van der Waals surface area contributed by atoms with Crippen LogP contribution < -0.4 is 5.32 Å². The fraction of sp³-hybridized carbons (Fsp3) is 1.00. The van der Waals surface area contributed by atoms with E-state index in [0.29, 0.717) is 5.75 Å². The molecule has 0 bridgehead atoms. The molecule has 0 aliphatic rings. The van der Waals surface area contributed by atoms with Gasteiger partial charge in [0.25, 0.3) is 0 Å². The third kappa shape index (κ3) is 8.07. The van der Waals surface area contributed by atoms with Crippen LogP contribution in [0.2, 0.25) is 0 Å². The number of rotatable bonds is 6. The van der Waals surface area contributed by atoms with Crippen molar-refractivity contribution in [1.82, 2.24) is 5.32 Å². The Morgan fingerprint density at radius 1 is 1.50 bits per heavy atom. The van der Waals surface area contributed by atoms with Crippen molar-refractivity contribution in [2.24, 2.45) is 0 Å². The summed E-state index contributed by atoms with van der Waals surface area (Å²) in [4.78, 5) is 0. The molecule has 0 heterocycles. The molecule has 0 fully saturated rings. The van der Waals surface area contributed by atoms with Crippen LogP contribution in [0.5, 0.6) is 0 Å². The van der Waals surface area contributed by atoms with E-state index >= 15 is 0 Å². The van der Waals surface area contributed by atoms with Crippen molar-refractivity contribution in [1.29, 1.82) is 0 Å². The van der Waals surface area contributed by atoms with E-state index in [4.69, 9.17) is 5.11 Å². The summed E-state index contributed by atoms with van der Waals surface area (Å²) in [5, 5.41) is 11.4. The highest BCUT2D eigenvalue weighted by atomic mass is 32.2. The van der Waals surface area contributed by atoms with E-state index in [1.165, 1.54) is 0 Å². The summed E-state index contributed by atoms with van der Waals surface area (Å²) >= 11 is 0. The van der Waals surface area contributed by atoms with Crippen LogP contribution in [0, 0.1) is 0 Å². The fourth-order valence-corrected chi connectivity index (χ4v) is 0.977. The van der Waals surface area contributed by atoms with Crippen molar-refractivity contribution in [3.05, 3.63) is 0 Å². The number of hydrogen-bond donors (Lipinski definition) is 2. The van der Waals surface area contributed by atoms with Gasteiger partial charge in [-0.1, -0.05) is 0 Å². The molecule has 10 heavy (non-hydrogen) atoms. The summed E-state index contributed by atoms with van der Waals surface area (Å²) in [6.45, 7) is 1.82. The summed E-state index contributed by atoms with van der Waals surface area (Å²) in [7, 11) is -0.696. The summed E-state index contributed by atoms with van der Waals surface area (Å²) in [5.41, 5.74) is 0. The zero-order valence-electron chi connectivity index (χ0n) is 6.30. The Bertz CT molecular complexity index is 97.7. The number of hydrogen-bond acceptors (Lipinski definition) is 3. The van der Waals surface area contributed by atoms with Crippen LogP contribution >= 0.6 is 0 Å². The van der Waals surface area contributed by atoms with E-state index in [0.717, 1.165) is 19.5 Å². The number of aliphatic hydroxyl groups is 1. The molecule has 0 spiro atoms. The Labute approximate surface area is 64.3 Å². The van der Waals surface area contributed by atoms with E-state index in [1.807, 2.05) is 0 Å². The maximum atomic E-state index is 10.5. The maximum absolute atomic E-state index is 10.5. The van der Waals surface area contributed by atoms with Crippen LogP contribution in [0.1, 0.15) is 6.42 Å². The lowest BCUT2D eigenvalue weighted by Crippen LogP contribution is -2.21. The molecule has 0 rings (SSSR count). The maximum Gasteiger partial charge on any atom is 0.0443 e. The molecular weight excluding hydrogens is 150 g/mol. The molecule has 1 atom stereocenters. The molecule has 0 amide bonds. The van der Waals surface area contributed by atoms with Crippen molar-refractivity contribution in [3.8, 4) is 0 Å². The largest absolute Gasteiger partial charge is 0.396 e. The van der Waals surface area contributed by atoms with Gasteiger partial charge in [-0.3, -0.25) is 4.21 Å². The third-order valence-electron chi connectivity index (χ3n) is 1.08. The first-order valence-electron chi connectivity index (χ1n) is 3.39. The van der Waals surface area contributed by atoms with Crippen molar-refractivity contribution < 1.29 is 9.32 Å². The van der Waals surface area contributed by atoms with Crippen LogP contribution in [0.3, 0.4) is 0 Å². The Morgan fingerprint density at radius 3 is 2.70 bits per heavy atom. The predicted molar refractivity (Wildman–Crippen MR) is 43.5 cm³/mol. The van der Waals surface area contributed by atoms with Crippen molar-refractivity contribution in [2.75, 3.05) is 31.7 Å². The predicted octanol–water partition coefficient (Wildman–Crippen LogP) is -0.663. The summed E-state index contributed by atoms with van der Waals surface area (Å²) < 4.78 is 10.5. The zero-order valence-corrected chi connectivity index (χ0v) is 7.12. The molecular formula is C6H15NO2S. The van der Waals surface area contributed by atoms with Crippen LogP contribution in [-0.2, 0) is 10.8 Å². The summed E-state index contributed by atoms with van der Waals surface area (Å²) in [5.74, 6) is 0.700. The van der Waals surface area contributed by atoms with Gasteiger partial charge in [-0.15, -0.1) is 0 Å². The molecule has 0 aliphatic heterocycles. The van der Waals surface area contributed by atoms with Gasteiger partial charge in [0.15, 0.2) is 0 Å². The lowest BCUT2D eigenvalue weighted by Gasteiger charge is -1.99. The highest BCUT2D eigenvalue weighted by Gasteiger charge is 1.89. The zero-order chi connectivity index (χ0) is 7.82. The van der Waals surface area contributed by atoms with Crippen molar-refractivity contribution in [2.45, 2.75) is 6.42 Å². The molecule has 3 nitrogen and oxygen atoms in total. The van der Waals surface area contributed by atoms with Gasteiger partial charge in [-0.25, -0.2) is 0 Å². The molecule has 4 heteroatoms. The minimum atomic E-state index is -0.696. The fourth-order valence-electron chi connectivity index (χ4n) is 0.545. The van der Waals surface area contributed by atoms with E-state index in [9.17, 15) is 4.21 Å². The van der Waals surface area contributed by atoms with E-state index in [-0.39, 0.29) is 6.61 Å². The Hall–Kier alpha value is 0.0700. The summed E-state index contributed by atoms with van der Waals surface area (Å²) in [6, 6.07) is 0. The van der Waals surface area contributed by atoms with E-state index < -0.39 is 10.8 Å². The van der Waals surface area contributed by atoms with Gasteiger partial charge in [0, 0.05) is 36.0 Å².